The van der Waals surface area contributed by atoms with Crippen molar-refractivity contribution in [1.82, 2.24) is 0 Å². The Morgan fingerprint density at radius 2 is 1.18 bits per heavy atom. The Hall–Kier alpha value is -4.83. The molecule has 8 aromatic rings. The zero-order valence-electron chi connectivity index (χ0n) is 23.7. The molecule has 0 bridgehead atoms. The zero-order chi connectivity index (χ0) is 28.8. The van der Waals surface area contributed by atoms with Gasteiger partial charge in [0.1, 0.15) is 0 Å². The van der Waals surface area contributed by atoms with Crippen LogP contribution in [-0.4, -0.2) is 0 Å². The first-order valence-electron chi connectivity index (χ1n) is 15.0. The lowest BCUT2D eigenvalue weighted by Crippen LogP contribution is -2.32. The molecule has 3 heteroatoms. The largest absolute Gasteiger partial charge is 0.355 e. The molecule has 0 amide bonds. The van der Waals surface area contributed by atoms with Crippen LogP contribution in [0.15, 0.2) is 155 Å². The van der Waals surface area contributed by atoms with E-state index in [0.29, 0.717) is 0 Å². The molecule has 1 spiro atoms. The van der Waals surface area contributed by atoms with E-state index in [9.17, 15) is 0 Å². The first kappa shape index (κ1) is 24.6. The van der Waals surface area contributed by atoms with Gasteiger partial charge < -0.3 is 5.32 Å². The number of benzene rings is 7. The van der Waals surface area contributed by atoms with Gasteiger partial charge in [-0.3, -0.25) is 0 Å². The molecule has 2 heterocycles. The predicted molar refractivity (Wildman–Crippen MR) is 188 cm³/mol. The Labute approximate surface area is 263 Å². The molecule has 2 aliphatic rings. The van der Waals surface area contributed by atoms with Gasteiger partial charge in [-0.1, -0.05) is 121 Å². The van der Waals surface area contributed by atoms with Crippen molar-refractivity contribution in [3.05, 3.63) is 168 Å². The summed E-state index contributed by atoms with van der Waals surface area (Å²) in [5.41, 5.74) is 9.93. The highest BCUT2D eigenvalue weighted by Crippen LogP contribution is 2.64. The molecule has 1 aliphatic carbocycles. The molecule has 44 heavy (non-hydrogen) atoms. The van der Waals surface area contributed by atoms with Crippen molar-refractivity contribution in [3.8, 4) is 11.1 Å². The first-order valence-corrected chi connectivity index (χ1v) is 16.7. The first-order chi connectivity index (χ1) is 21.8. The Kier molecular flexibility index (Phi) is 5.08. The van der Waals surface area contributed by atoms with Crippen LogP contribution in [0.2, 0.25) is 0 Å². The molecule has 206 valence electrons. The standard InChI is InChI=1S/C41H25NS2/c1-2-12-26-25(11-1)23-24-31-38(26)27-13-3-5-15-29(27)41(31)30-16-6-8-20-35(30)44-37-22-10-18-33(40(37)41)42-32-17-9-21-36-39(32)28-14-4-7-19-34(28)43-36/h1-24,42H. The molecule has 7 aromatic carbocycles. The fourth-order valence-electron chi connectivity index (χ4n) is 7.86. The average molecular weight is 596 g/mol. The van der Waals surface area contributed by atoms with E-state index < -0.39 is 5.41 Å². The molecule has 1 atom stereocenters. The molecule has 1 N–H and O–H groups in total. The van der Waals surface area contributed by atoms with Gasteiger partial charge in [-0.2, -0.15) is 0 Å². The molecule has 0 saturated carbocycles. The van der Waals surface area contributed by atoms with E-state index in [1.165, 1.54) is 74.1 Å². The molecule has 1 aliphatic heterocycles. The Bertz CT molecular complexity index is 2470. The monoisotopic (exact) mass is 595 g/mol. The number of fused-ring (bicyclic) bond motifs is 14. The van der Waals surface area contributed by atoms with Crippen molar-refractivity contribution in [2.24, 2.45) is 0 Å². The molecule has 1 unspecified atom stereocenters. The number of thiophene rings is 1. The summed E-state index contributed by atoms with van der Waals surface area (Å²) in [5, 5.41) is 9.21. The third kappa shape index (κ3) is 3.15. The Balaban J connectivity index is 1.32. The van der Waals surface area contributed by atoms with E-state index in [-0.39, 0.29) is 0 Å². The average Bonchev–Trinajstić information content (AvgIpc) is 3.60. The second kappa shape index (κ2) is 9.09. The van der Waals surface area contributed by atoms with Crippen LogP contribution in [0.1, 0.15) is 22.3 Å². The Morgan fingerprint density at radius 1 is 0.477 bits per heavy atom. The summed E-state index contributed by atoms with van der Waals surface area (Å²) in [6, 6.07) is 53.9. The van der Waals surface area contributed by atoms with Crippen molar-refractivity contribution >= 4 is 65.4 Å². The summed E-state index contributed by atoms with van der Waals surface area (Å²) in [6.07, 6.45) is 0. The fraction of sp³-hybridized carbons (Fsp3) is 0.0244. The lowest BCUT2D eigenvalue weighted by molar-refractivity contribution is 0.725. The lowest BCUT2D eigenvalue weighted by atomic mass is 9.66. The maximum absolute atomic E-state index is 4.03. The predicted octanol–water partition coefficient (Wildman–Crippen LogP) is 11.8. The van der Waals surface area contributed by atoms with Crippen LogP contribution in [0.5, 0.6) is 0 Å². The molecule has 0 saturated heterocycles. The quantitative estimate of drug-likeness (QED) is 0.213. The minimum atomic E-state index is -0.457. The van der Waals surface area contributed by atoms with Gasteiger partial charge in [-0.05, 0) is 75.0 Å². The van der Waals surface area contributed by atoms with Crippen molar-refractivity contribution < 1.29 is 0 Å². The summed E-state index contributed by atoms with van der Waals surface area (Å²) in [6.45, 7) is 0. The minimum absolute atomic E-state index is 0.457. The summed E-state index contributed by atoms with van der Waals surface area (Å²) < 4.78 is 2.62. The van der Waals surface area contributed by atoms with Gasteiger partial charge in [0, 0.05) is 46.9 Å². The normalized spacial score (nSPS) is 16.2. The third-order valence-electron chi connectivity index (χ3n) is 9.52. The topological polar surface area (TPSA) is 12.0 Å². The van der Waals surface area contributed by atoms with Gasteiger partial charge >= 0.3 is 0 Å². The third-order valence-corrected chi connectivity index (χ3v) is 11.8. The summed E-state index contributed by atoms with van der Waals surface area (Å²) in [7, 11) is 0. The maximum atomic E-state index is 4.03. The molecule has 1 aromatic heterocycles. The van der Waals surface area contributed by atoms with Gasteiger partial charge in [0.2, 0.25) is 0 Å². The van der Waals surface area contributed by atoms with Crippen LogP contribution in [0.25, 0.3) is 42.1 Å². The number of hydrogen-bond acceptors (Lipinski definition) is 3. The van der Waals surface area contributed by atoms with E-state index in [1.807, 2.05) is 23.1 Å². The van der Waals surface area contributed by atoms with Crippen molar-refractivity contribution in [2.75, 3.05) is 5.32 Å². The highest BCUT2D eigenvalue weighted by Gasteiger charge is 2.51. The summed E-state index contributed by atoms with van der Waals surface area (Å²) >= 11 is 3.75. The highest BCUT2D eigenvalue weighted by atomic mass is 32.2. The van der Waals surface area contributed by atoms with Crippen molar-refractivity contribution in [3.63, 3.8) is 0 Å². The molecule has 0 radical (unpaired) electrons. The maximum Gasteiger partial charge on any atom is 0.0756 e. The van der Waals surface area contributed by atoms with Crippen LogP contribution >= 0.6 is 23.1 Å². The fourth-order valence-corrected chi connectivity index (χ4v) is 10.2. The van der Waals surface area contributed by atoms with E-state index in [4.69, 9.17) is 0 Å². The van der Waals surface area contributed by atoms with Gasteiger partial charge in [-0.25, -0.2) is 0 Å². The summed E-state index contributed by atoms with van der Waals surface area (Å²) in [4.78, 5) is 2.62. The SMILES string of the molecule is c1ccc2c(c1)Sc1cccc(Nc3cccc4sc5ccccc5c34)c1C21c2ccccc2-c2c1ccc1ccccc21. The van der Waals surface area contributed by atoms with Gasteiger partial charge in [0.25, 0.3) is 0 Å². The zero-order valence-corrected chi connectivity index (χ0v) is 25.3. The second-order valence-corrected chi connectivity index (χ2v) is 13.9. The van der Waals surface area contributed by atoms with Gasteiger partial charge in [0.15, 0.2) is 0 Å². The van der Waals surface area contributed by atoms with Crippen LogP contribution in [0.4, 0.5) is 11.4 Å². The smallest absolute Gasteiger partial charge is 0.0756 e. The van der Waals surface area contributed by atoms with Crippen molar-refractivity contribution in [1.29, 1.82) is 0 Å². The van der Waals surface area contributed by atoms with Crippen LogP contribution in [-0.2, 0) is 5.41 Å². The number of rotatable bonds is 2. The highest BCUT2D eigenvalue weighted by molar-refractivity contribution is 7.99. The van der Waals surface area contributed by atoms with Gasteiger partial charge in [0.05, 0.1) is 5.41 Å². The summed E-state index contributed by atoms with van der Waals surface area (Å²) in [5.74, 6) is 0. The minimum Gasteiger partial charge on any atom is -0.355 e. The molecule has 1 nitrogen and oxygen atoms in total. The van der Waals surface area contributed by atoms with E-state index in [2.05, 4.69) is 151 Å². The Morgan fingerprint density at radius 3 is 2.14 bits per heavy atom. The molecular formula is C41H25NS2. The van der Waals surface area contributed by atoms with Crippen LogP contribution in [0.3, 0.4) is 0 Å². The van der Waals surface area contributed by atoms with E-state index in [1.54, 1.807) is 0 Å². The second-order valence-electron chi connectivity index (χ2n) is 11.7. The van der Waals surface area contributed by atoms with Crippen LogP contribution in [0, 0.1) is 0 Å². The lowest BCUT2D eigenvalue weighted by Gasteiger charge is -2.41. The number of hydrogen-bond donors (Lipinski definition) is 1. The number of nitrogens with one attached hydrogen (secondary N) is 1. The van der Waals surface area contributed by atoms with Gasteiger partial charge in [-0.15, -0.1) is 11.3 Å². The van der Waals surface area contributed by atoms with Crippen molar-refractivity contribution in [2.45, 2.75) is 15.2 Å². The number of anilines is 2. The molecule has 0 fully saturated rings. The van der Waals surface area contributed by atoms with Crippen LogP contribution < -0.4 is 5.32 Å². The molecule has 10 rings (SSSR count). The van der Waals surface area contributed by atoms with E-state index >= 15 is 0 Å². The van der Waals surface area contributed by atoms with E-state index in [0.717, 1.165) is 11.4 Å². The molecular weight excluding hydrogens is 571 g/mol.